The molecule has 1 aromatic carbocycles. The summed E-state index contributed by atoms with van der Waals surface area (Å²) in [5, 5.41) is 19.9. The summed E-state index contributed by atoms with van der Waals surface area (Å²) in [7, 11) is 0. The van der Waals surface area contributed by atoms with Gasteiger partial charge in [-0.3, -0.25) is 10.1 Å². The molecule has 0 spiro atoms. The van der Waals surface area contributed by atoms with E-state index >= 15 is 0 Å². The molecule has 5 nitrogen and oxygen atoms in total. The number of rotatable bonds is 5. The third-order valence-electron chi connectivity index (χ3n) is 2.25. The van der Waals surface area contributed by atoms with E-state index in [0.29, 0.717) is 24.9 Å². The van der Waals surface area contributed by atoms with Crippen LogP contribution in [0, 0.1) is 15.9 Å². The summed E-state index contributed by atoms with van der Waals surface area (Å²) in [6.45, 7) is 0.518. The molecule has 3 N–H and O–H groups in total. The van der Waals surface area contributed by atoms with Crippen LogP contribution in [0.25, 0.3) is 0 Å². The van der Waals surface area contributed by atoms with Crippen molar-refractivity contribution in [1.29, 1.82) is 0 Å². The van der Waals surface area contributed by atoms with Crippen molar-refractivity contribution in [3.63, 3.8) is 0 Å². The maximum atomic E-state index is 13.0. The lowest BCUT2D eigenvalue weighted by Crippen LogP contribution is -2.00. The number of nitro groups is 1. The van der Waals surface area contributed by atoms with E-state index in [1.807, 2.05) is 0 Å². The summed E-state index contributed by atoms with van der Waals surface area (Å²) >= 11 is 0. The maximum absolute atomic E-state index is 13.0. The molecule has 0 unspecified atom stereocenters. The quantitative estimate of drug-likeness (QED) is 0.456. The maximum Gasteiger partial charge on any atom is 0.305 e. The number of halogens is 1. The first-order valence-electron chi connectivity index (χ1n) is 4.92. The monoisotopic (exact) mass is 228 g/mol. The van der Waals surface area contributed by atoms with Crippen LogP contribution in [-0.2, 0) is 6.42 Å². The van der Waals surface area contributed by atoms with Crippen molar-refractivity contribution in [1.82, 2.24) is 0 Å². The number of unbranched alkanes of at least 4 members (excludes halogenated alkanes) is 1. The van der Waals surface area contributed by atoms with Crippen molar-refractivity contribution >= 4 is 5.69 Å². The molecular formula is C10H13FN2O3. The molecule has 6 heteroatoms. The fourth-order valence-corrected chi connectivity index (χ4v) is 1.39. The molecule has 0 saturated carbocycles. The zero-order valence-electron chi connectivity index (χ0n) is 8.65. The fourth-order valence-electron chi connectivity index (χ4n) is 1.39. The fraction of sp³-hybridized carbons (Fsp3) is 0.400. The second kappa shape index (κ2) is 5.41. The normalized spacial score (nSPS) is 10.4. The third-order valence-corrected chi connectivity index (χ3v) is 2.25. The first-order valence-corrected chi connectivity index (χ1v) is 4.92. The number of phenolic OH excluding ortho intramolecular Hbond substituents is 1. The third kappa shape index (κ3) is 2.90. The van der Waals surface area contributed by atoms with Gasteiger partial charge in [0.1, 0.15) is 5.75 Å². The number of hydrogen-bond donors (Lipinski definition) is 2. The van der Waals surface area contributed by atoms with Crippen molar-refractivity contribution in [3.05, 3.63) is 33.6 Å². The van der Waals surface area contributed by atoms with Crippen LogP contribution in [0.3, 0.4) is 0 Å². The Labute approximate surface area is 91.8 Å². The number of hydrogen-bond acceptors (Lipinski definition) is 4. The Hall–Kier alpha value is -1.69. The summed E-state index contributed by atoms with van der Waals surface area (Å²) < 4.78 is 13.0. The highest BCUT2D eigenvalue weighted by atomic mass is 19.1. The van der Waals surface area contributed by atoms with Gasteiger partial charge in [-0.15, -0.1) is 0 Å². The molecule has 0 heterocycles. The summed E-state index contributed by atoms with van der Waals surface area (Å²) in [6.07, 6.45) is 1.90. The zero-order valence-corrected chi connectivity index (χ0v) is 8.65. The average Bonchev–Trinajstić information content (AvgIpc) is 2.21. The van der Waals surface area contributed by atoms with Gasteiger partial charge in [0.25, 0.3) is 0 Å². The largest absolute Gasteiger partial charge is 0.508 e. The zero-order chi connectivity index (χ0) is 12.1. The minimum absolute atomic E-state index is 0.250. The minimum Gasteiger partial charge on any atom is -0.508 e. The molecule has 0 radical (unpaired) electrons. The molecule has 0 aliphatic carbocycles. The molecule has 0 aliphatic heterocycles. The van der Waals surface area contributed by atoms with E-state index in [-0.39, 0.29) is 5.75 Å². The summed E-state index contributed by atoms with van der Waals surface area (Å²) in [6, 6.07) is 1.84. The molecule has 0 aromatic heterocycles. The Bertz CT molecular complexity index is 396. The Kier molecular flexibility index (Phi) is 4.19. The van der Waals surface area contributed by atoms with Gasteiger partial charge in [0, 0.05) is 17.7 Å². The molecule has 88 valence electrons. The molecular weight excluding hydrogens is 215 g/mol. The van der Waals surface area contributed by atoms with E-state index in [9.17, 15) is 19.6 Å². The SMILES string of the molecule is NCCCCc1cc([N+](=O)[O-])c(F)cc1O. The van der Waals surface area contributed by atoms with Crippen molar-refractivity contribution in [3.8, 4) is 5.75 Å². The van der Waals surface area contributed by atoms with E-state index in [4.69, 9.17) is 5.73 Å². The lowest BCUT2D eigenvalue weighted by molar-refractivity contribution is -0.387. The first kappa shape index (κ1) is 12.4. The Morgan fingerprint density at radius 1 is 1.44 bits per heavy atom. The first-order chi connectivity index (χ1) is 7.56. The number of aromatic hydroxyl groups is 1. The van der Waals surface area contributed by atoms with Gasteiger partial charge < -0.3 is 10.8 Å². The second-order valence-electron chi connectivity index (χ2n) is 3.44. The van der Waals surface area contributed by atoms with E-state index < -0.39 is 16.4 Å². The van der Waals surface area contributed by atoms with Crippen molar-refractivity contribution in [2.75, 3.05) is 6.54 Å². The second-order valence-corrected chi connectivity index (χ2v) is 3.44. The summed E-state index contributed by atoms with van der Waals surface area (Å²) in [5.74, 6) is -1.27. The molecule has 16 heavy (non-hydrogen) atoms. The number of benzene rings is 1. The predicted octanol–water partition coefficient (Wildman–Crippen LogP) is 1.72. The van der Waals surface area contributed by atoms with E-state index in [1.54, 1.807) is 0 Å². The molecule has 0 amide bonds. The highest BCUT2D eigenvalue weighted by Crippen LogP contribution is 2.27. The predicted molar refractivity (Wildman–Crippen MR) is 56.7 cm³/mol. The molecule has 1 rings (SSSR count). The van der Waals surface area contributed by atoms with E-state index in [2.05, 4.69) is 0 Å². The average molecular weight is 228 g/mol. The van der Waals surface area contributed by atoms with Crippen LogP contribution >= 0.6 is 0 Å². The van der Waals surface area contributed by atoms with Gasteiger partial charge in [-0.1, -0.05) is 0 Å². The van der Waals surface area contributed by atoms with Gasteiger partial charge in [0.05, 0.1) is 4.92 Å². The van der Waals surface area contributed by atoms with Gasteiger partial charge >= 0.3 is 5.69 Å². The van der Waals surface area contributed by atoms with Crippen LogP contribution in [0.2, 0.25) is 0 Å². The van der Waals surface area contributed by atoms with Gasteiger partial charge in [-0.05, 0) is 25.8 Å². The Balaban J connectivity index is 2.91. The Morgan fingerprint density at radius 3 is 2.69 bits per heavy atom. The van der Waals surface area contributed by atoms with Crippen molar-refractivity contribution in [2.24, 2.45) is 5.73 Å². The topological polar surface area (TPSA) is 89.4 Å². The molecule has 1 aromatic rings. The Morgan fingerprint density at radius 2 is 2.12 bits per heavy atom. The van der Waals surface area contributed by atoms with Crippen LogP contribution < -0.4 is 5.73 Å². The van der Waals surface area contributed by atoms with Gasteiger partial charge in [0.2, 0.25) is 5.82 Å². The van der Waals surface area contributed by atoms with E-state index in [1.165, 1.54) is 0 Å². The van der Waals surface area contributed by atoms with Gasteiger partial charge in [-0.2, -0.15) is 4.39 Å². The highest BCUT2D eigenvalue weighted by Gasteiger charge is 2.17. The van der Waals surface area contributed by atoms with Crippen LogP contribution in [0.1, 0.15) is 18.4 Å². The van der Waals surface area contributed by atoms with Gasteiger partial charge in [-0.25, -0.2) is 0 Å². The van der Waals surface area contributed by atoms with Gasteiger partial charge in [0.15, 0.2) is 0 Å². The van der Waals surface area contributed by atoms with Crippen molar-refractivity contribution < 1.29 is 14.4 Å². The highest BCUT2D eigenvalue weighted by molar-refractivity contribution is 5.44. The van der Waals surface area contributed by atoms with Crippen LogP contribution in [0.5, 0.6) is 5.75 Å². The molecule has 0 saturated heterocycles. The summed E-state index contributed by atoms with van der Waals surface area (Å²) in [5.41, 5.74) is 5.07. The molecule has 0 fully saturated rings. The van der Waals surface area contributed by atoms with Crippen LogP contribution in [0.4, 0.5) is 10.1 Å². The summed E-state index contributed by atoms with van der Waals surface area (Å²) in [4.78, 5) is 9.67. The standard InChI is InChI=1S/C10H13FN2O3/c11-8-6-10(14)7(3-1-2-4-12)5-9(8)13(15)16/h5-6,14H,1-4,12H2. The molecule has 0 bridgehead atoms. The van der Waals surface area contributed by atoms with E-state index in [0.717, 1.165) is 18.6 Å². The number of nitrogens with two attached hydrogens (primary N) is 1. The van der Waals surface area contributed by atoms with Crippen molar-refractivity contribution in [2.45, 2.75) is 19.3 Å². The number of nitro benzene ring substituents is 1. The number of aryl methyl sites for hydroxylation is 1. The smallest absolute Gasteiger partial charge is 0.305 e. The van der Waals surface area contributed by atoms with Crippen LogP contribution in [0.15, 0.2) is 12.1 Å². The molecule has 0 atom stereocenters. The number of nitrogens with zero attached hydrogens (tertiary/aromatic N) is 1. The number of phenols is 1. The lowest BCUT2D eigenvalue weighted by Gasteiger charge is -2.04. The van der Waals surface area contributed by atoms with Crippen LogP contribution in [-0.4, -0.2) is 16.6 Å². The molecule has 0 aliphatic rings. The minimum atomic E-state index is -1.02. The lowest BCUT2D eigenvalue weighted by atomic mass is 10.1.